The average molecular weight is 144 g/mol. The first-order valence-electron chi connectivity index (χ1n) is 3.36. The molecule has 0 saturated carbocycles. The minimum Gasteiger partial charge on any atom is -0.480 e. The number of nitrogens with one attached hydrogen (secondary N) is 1. The Bertz CT molecular complexity index is 112. The zero-order valence-corrected chi connectivity index (χ0v) is 6.42. The zero-order valence-electron chi connectivity index (χ0n) is 6.42. The van der Waals surface area contributed by atoms with Crippen molar-refractivity contribution in [3.63, 3.8) is 0 Å². The molecule has 0 aliphatic heterocycles. The van der Waals surface area contributed by atoms with E-state index in [1.807, 2.05) is 13.8 Å². The summed E-state index contributed by atoms with van der Waals surface area (Å²) in [4.78, 5) is 10.4. The normalized spacial score (nSPS) is 13.6. The fraction of sp³-hybridized carbons (Fsp3) is 0.714. The SMILES string of the molecule is [CH2]C[C@H](NC(C)C)C(=O)O. The van der Waals surface area contributed by atoms with Crippen LogP contribution < -0.4 is 5.32 Å². The monoisotopic (exact) mass is 144 g/mol. The number of hydrogen-bond acceptors (Lipinski definition) is 2. The Morgan fingerprint density at radius 1 is 1.70 bits per heavy atom. The summed E-state index contributed by atoms with van der Waals surface area (Å²) in [5, 5.41) is 11.4. The summed E-state index contributed by atoms with van der Waals surface area (Å²) in [6, 6.07) is -0.303. The highest BCUT2D eigenvalue weighted by atomic mass is 16.4. The van der Waals surface area contributed by atoms with Gasteiger partial charge in [-0.05, 0) is 6.42 Å². The molecule has 0 rings (SSSR count). The molecular weight excluding hydrogens is 130 g/mol. The van der Waals surface area contributed by atoms with Crippen LogP contribution in [-0.2, 0) is 4.79 Å². The fourth-order valence-electron chi connectivity index (χ4n) is 0.680. The van der Waals surface area contributed by atoms with Crippen LogP contribution in [0, 0.1) is 6.92 Å². The van der Waals surface area contributed by atoms with Crippen molar-refractivity contribution in [3.8, 4) is 0 Å². The van der Waals surface area contributed by atoms with E-state index in [0.29, 0.717) is 6.42 Å². The van der Waals surface area contributed by atoms with Crippen LogP contribution in [0.1, 0.15) is 20.3 Å². The number of aliphatic carboxylic acids is 1. The van der Waals surface area contributed by atoms with Crippen LogP contribution in [-0.4, -0.2) is 23.2 Å². The van der Waals surface area contributed by atoms with Gasteiger partial charge in [-0.1, -0.05) is 20.8 Å². The third kappa shape index (κ3) is 3.45. The van der Waals surface area contributed by atoms with Gasteiger partial charge in [-0.15, -0.1) is 0 Å². The van der Waals surface area contributed by atoms with Crippen molar-refractivity contribution in [1.82, 2.24) is 5.32 Å². The third-order valence-corrected chi connectivity index (χ3v) is 1.12. The Morgan fingerprint density at radius 3 is 2.30 bits per heavy atom. The predicted molar refractivity (Wildman–Crippen MR) is 39.7 cm³/mol. The minimum atomic E-state index is -0.830. The lowest BCUT2D eigenvalue weighted by atomic mass is 10.2. The Kier molecular flexibility index (Phi) is 4.03. The standard InChI is InChI=1S/C7H14NO2/c1-4-6(7(9)10)8-5(2)3/h5-6,8H,1,4H2,2-3H3,(H,9,10)/t6-/m0/s1. The molecule has 3 heteroatoms. The molecule has 0 amide bonds. The van der Waals surface area contributed by atoms with Crippen LogP contribution in [0.2, 0.25) is 0 Å². The smallest absolute Gasteiger partial charge is 0.320 e. The summed E-state index contributed by atoms with van der Waals surface area (Å²) in [7, 11) is 0. The Labute approximate surface area is 61.4 Å². The number of hydrogen-bond donors (Lipinski definition) is 2. The van der Waals surface area contributed by atoms with E-state index in [1.165, 1.54) is 0 Å². The van der Waals surface area contributed by atoms with Gasteiger partial charge >= 0.3 is 5.97 Å². The van der Waals surface area contributed by atoms with Gasteiger partial charge < -0.3 is 10.4 Å². The van der Waals surface area contributed by atoms with Crippen LogP contribution in [0.4, 0.5) is 0 Å². The number of carboxylic acids is 1. The van der Waals surface area contributed by atoms with Gasteiger partial charge in [0.2, 0.25) is 0 Å². The van der Waals surface area contributed by atoms with Crippen molar-refractivity contribution in [2.24, 2.45) is 0 Å². The lowest BCUT2D eigenvalue weighted by molar-refractivity contribution is -0.139. The van der Waals surface area contributed by atoms with E-state index in [0.717, 1.165) is 0 Å². The highest BCUT2D eigenvalue weighted by Crippen LogP contribution is 1.92. The zero-order chi connectivity index (χ0) is 8.15. The van der Waals surface area contributed by atoms with Crippen LogP contribution in [0.15, 0.2) is 0 Å². The van der Waals surface area contributed by atoms with Crippen molar-refractivity contribution < 1.29 is 9.90 Å². The maximum Gasteiger partial charge on any atom is 0.320 e. The van der Waals surface area contributed by atoms with Crippen molar-refractivity contribution in [2.75, 3.05) is 0 Å². The molecule has 0 saturated heterocycles. The van der Waals surface area contributed by atoms with Crippen LogP contribution in [0.5, 0.6) is 0 Å². The summed E-state index contributed by atoms with van der Waals surface area (Å²) in [6.45, 7) is 7.33. The van der Waals surface area contributed by atoms with Crippen LogP contribution in [0.25, 0.3) is 0 Å². The van der Waals surface area contributed by atoms with E-state index in [4.69, 9.17) is 5.11 Å². The van der Waals surface area contributed by atoms with E-state index in [1.54, 1.807) is 0 Å². The summed E-state index contributed by atoms with van der Waals surface area (Å²) in [6.07, 6.45) is 0.382. The molecule has 0 aromatic carbocycles. The molecular formula is C7H14NO2. The summed E-state index contributed by atoms with van der Waals surface area (Å²) in [5.74, 6) is -0.830. The topological polar surface area (TPSA) is 49.3 Å². The molecule has 59 valence electrons. The lowest BCUT2D eigenvalue weighted by Crippen LogP contribution is -2.40. The number of rotatable bonds is 4. The molecule has 1 atom stereocenters. The molecule has 0 aliphatic carbocycles. The molecule has 3 nitrogen and oxygen atoms in total. The molecule has 0 fully saturated rings. The lowest BCUT2D eigenvalue weighted by Gasteiger charge is -2.14. The summed E-state index contributed by atoms with van der Waals surface area (Å²) in [5.41, 5.74) is 0. The molecule has 0 aromatic rings. The van der Waals surface area contributed by atoms with Crippen molar-refractivity contribution >= 4 is 5.97 Å². The molecule has 10 heavy (non-hydrogen) atoms. The number of carboxylic acid groups (broad SMARTS) is 1. The maximum absolute atomic E-state index is 10.4. The number of carbonyl (C=O) groups is 1. The molecule has 2 N–H and O–H groups in total. The van der Waals surface area contributed by atoms with Gasteiger partial charge in [-0.2, -0.15) is 0 Å². The molecule has 1 radical (unpaired) electrons. The van der Waals surface area contributed by atoms with Crippen molar-refractivity contribution in [1.29, 1.82) is 0 Å². The van der Waals surface area contributed by atoms with Gasteiger partial charge in [-0.25, -0.2) is 0 Å². The molecule has 0 aliphatic rings. The van der Waals surface area contributed by atoms with Crippen LogP contribution >= 0.6 is 0 Å². The van der Waals surface area contributed by atoms with E-state index < -0.39 is 12.0 Å². The molecule has 0 bridgehead atoms. The highest BCUT2D eigenvalue weighted by molar-refractivity contribution is 5.73. The van der Waals surface area contributed by atoms with Crippen LogP contribution in [0.3, 0.4) is 0 Å². The predicted octanol–water partition coefficient (Wildman–Crippen LogP) is 0.662. The van der Waals surface area contributed by atoms with E-state index in [2.05, 4.69) is 12.2 Å². The highest BCUT2D eigenvalue weighted by Gasteiger charge is 2.14. The third-order valence-electron chi connectivity index (χ3n) is 1.12. The van der Waals surface area contributed by atoms with Gasteiger partial charge in [0.05, 0.1) is 0 Å². The Balaban J connectivity index is 3.72. The van der Waals surface area contributed by atoms with E-state index in [-0.39, 0.29) is 6.04 Å². The Morgan fingerprint density at radius 2 is 2.20 bits per heavy atom. The van der Waals surface area contributed by atoms with Gasteiger partial charge in [0, 0.05) is 6.04 Å². The largest absolute Gasteiger partial charge is 0.480 e. The summed E-state index contributed by atoms with van der Waals surface area (Å²) < 4.78 is 0. The van der Waals surface area contributed by atoms with E-state index >= 15 is 0 Å². The first-order chi connectivity index (χ1) is 4.57. The average Bonchev–Trinajstić information content (AvgIpc) is 1.81. The quantitative estimate of drug-likeness (QED) is 0.609. The van der Waals surface area contributed by atoms with Gasteiger partial charge in [0.25, 0.3) is 0 Å². The molecule has 0 heterocycles. The maximum atomic E-state index is 10.4. The molecule has 0 aromatic heterocycles. The van der Waals surface area contributed by atoms with E-state index in [9.17, 15) is 4.79 Å². The molecule has 0 spiro atoms. The first kappa shape index (κ1) is 9.43. The minimum absolute atomic E-state index is 0.197. The van der Waals surface area contributed by atoms with Gasteiger partial charge in [-0.3, -0.25) is 4.79 Å². The van der Waals surface area contributed by atoms with Gasteiger partial charge in [0.1, 0.15) is 6.04 Å². The molecule has 0 unspecified atom stereocenters. The second kappa shape index (κ2) is 4.28. The fourth-order valence-corrected chi connectivity index (χ4v) is 0.680. The second-order valence-electron chi connectivity index (χ2n) is 2.50. The summed E-state index contributed by atoms with van der Waals surface area (Å²) >= 11 is 0. The van der Waals surface area contributed by atoms with Gasteiger partial charge in [0.15, 0.2) is 0 Å². The first-order valence-corrected chi connectivity index (χ1v) is 3.36. The van der Waals surface area contributed by atoms with Crippen molar-refractivity contribution in [3.05, 3.63) is 6.92 Å². The van der Waals surface area contributed by atoms with Crippen molar-refractivity contribution in [2.45, 2.75) is 32.4 Å². The second-order valence-corrected chi connectivity index (χ2v) is 2.50. The Hall–Kier alpha value is -0.570.